The van der Waals surface area contributed by atoms with Crippen molar-refractivity contribution < 1.29 is 4.74 Å². The monoisotopic (exact) mass is 345 g/mol. The lowest BCUT2D eigenvalue weighted by Gasteiger charge is -2.17. The lowest BCUT2D eigenvalue weighted by atomic mass is 9.93. The molecule has 1 aliphatic rings. The van der Waals surface area contributed by atoms with Gasteiger partial charge in [-0.1, -0.05) is 34.1 Å². The Balaban J connectivity index is 1.95. The highest BCUT2D eigenvalue weighted by Gasteiger charge is 2.30. The van der Waals surface area contributed by atoms with E-state index in [4.69, 9.17) is 10.5 Å². The van der Waals surface area contributed by atoms with E-state index in [1.54, 1.807) is 0 Å². The molecule has 110 valence electrons. The molecule has 2 aromatic rings. The molecule has 2 aromatic carbocycles. The first kappa shape index (κ1) is 14.6. The molecule has 0 saturated carbocycles. The van der Waals surface area contributed by atoms with Crippen LogP contribution < -0.4 is 10.5 Å². The Morgan fingerprint density at radius 3 is 2.67 bits per heavy atom. The molecule has 0 aliphatic carbocycles. The number of fused-ring (bicyclic) bond motifs is 1. The average Bonchev–Trinajstić information content (AvgIpc) is 2.70. The minimum absolute atomic E-state index is 0.105. The van der Waals surface area contributed by atoms with E-state index in [9.17, 15) is 0 Å². The molecule has 1 heterocycles. The Morgan fingerprint density at radius 1 is 1.19 bits per heavy atom. The van der Waals surface area contributed by atoms with E-state index in [0.717, 1.165) is 27.8 Å². The van der Waals surface area contributed by atoms with Crippen molar-refractivity contribution in [3.8, 4) is 5.75 Å². The molecule has 1 atom stereocenters. The van der Waals surface area contributed by atoms with Crippen molar-refractivity contribution in [2.24, 2.45) is 5.73 Å². The van der Waals surface area contributed by atoms with Crippen LogP contribution in [0.4, 0.5) is 0 Å². The minimum Gasteiger partial charge on any atom is -0.487 e. The van der Waals surface area contributed by atoms with E-state index >= 15 is 0 Å². The van der Waals surface area contributed by atoms with Gasteiger partial charge in [-0.25, -0.2) is 0 Å². The van der Waals surface area contributed by atoms with E-state index in [1.807, 2.05) is 12.1 Å². The fourth-order valence-corrected chi connectivity index (χ4v) is 3.47. The normalized spacial score (nSPS) is 17.2. The maximum absolute atomic E-state index is 6.47. The summed E-state index contributed by atoms with van der Waals surface area (Å²) in [6, 6.07) is 12.5. The second-order valence-corrected chi connectivity index (χ2v) is 7.30. The van der Waals surface area contributed by atoms with Gasteiger partial charge in [0.05, 0.1) is 6.04 Å². The quantitative estimate of drug-likeness (QED) is 0.868. The van der Waals surface area contributed by atoms with Crippen LogP contribution in [0.2, 0.25) is 0 Å². The highest BCUT2D eigenvalue weighted by atomic mass is 79.9. The van der Waals surface area contributed by atoms with Crippen molar-refractivity contribution in [3.05, 3.63) is 63.1 Å². The number of hydrogen-bond acceptors (Lipinski definition) is 2. The molecule has 0 fully saturated rings. The maximum atomic E-state index is 6.47. The van der Waals surface area contributed by atoms with Gasteiger partial charge in [-0.2, -0.15) is 0 Å². The Hall–Kier alpha value is -1.32. The van der Waals surface area contributed by atoms with Gasteiger partial charge in [0.25, 0.3) is 0 Å². The molecule has 3 rings (SSSR count). The molecule has 0 radical (unpaired) electrons. The standard InChI is InChI=1S/C18H20BrNO/c1-11-8-14(19)5-6-15(11)17(20)12-4-7-16-13(9-12)10-18(2,3)21-16/h4-9,17H,10,20H2,1-3H3. The summed E-state index contributed by atoms with van der Waals surface area (Å²) in [5.41, 5.74) is 11.1. The molecule has 0 spiro atoms. The summed E-state index contributed by atoms with van der Waals surface area (Å²) in [6.07, 6.45) is 0.933. The fraction of sp³-hybridized carbons (Fsp3) is 0.333. The first-order chi connectivity index (χ1) is 9.85. The van der Waals surface area contributed by atoms with Crippen molar-refractivity contribution in [2.45, 2.75) is 38.8 Å². The molecule has 0 aromatic heterocycles. The number of rotatable bonds is 2. The largest absolute Gasteiger partial charge is 0.487 e. The van der Waals surface area contributed by atoms with Gasteiger partial charge in [-0.3, -0.25) is 0 Å². The van der Waals surface area contributed by atoms with Crippen LogP contribution in [-0.4, -0.2) is 5.60 Å². The Bertz CT molecular complexity index is 694. The Labute approximate surface area is 134 Å². The molecule has 3 heteroatoms. The highest BCUT2D eigenvalue weighted by Crippen LogP contribution is 2.37. The summed E-state index contributed by atoms with van der Waals surface area (Å²) in [7, 11) is 0. The maximum Gasteiger partial charge on any atom is 0.123 e. The Morgan fingerprint density at radius 2 is 1.95 bits per heavy atom. The summed E-state index contributed by atoms with van der Waals surface area (Å²) in [6.45, 7) is 6.33. The predicted octanol–water partition coefficient (Wildman–Crippen LogP) is 4.52. The molecule has 1 unspecified atom stereocenters. The van der Waals surface area contributed by atoms with Crippen LogP contribution in [0.25, 0.3) is 0 Å². The van der Waals surface area contributed by atoms with Gasteiger partial charge in [0, 0.05) is 10.9 Å². The molecule has 0 amide bonds. The highest BCUT2D eigenvalue weighted by molar-refractivity contribution is 9.10. The summed E-state index contributed by atoms with van der Waals surface area (Å²) in [5, 5.41) is 0. The number of hydrogen-bond donors (Lipinski definition) is 1. The molecule has 21 heavy (non-hydrogen) atoms. The zero-order chi connectivity index (χ0) is 15.2. The summed E-state index contributed by atoms with van der Waals surface area (Å²) < 4.78 is 7.01. The molecule has 0 bridgehead atoms. The van der Waals surface area contributed by atoms with Crippen LogP contribution in [0.15, 0.2) is 40.9 Å². The van der Waals surface area contributed by atoms with Gasteiger partial charge >= 0.3 is 0 Å². The van der Waals surface area contributed by atoms with E-state index in [2.05, 4.69) is 61.0 Å². The molecule has 0 saturated heterocycles. The topological polar surface area (TPSA) is 35.2 Å². The first-order valence-electron chi connectivity index (χ1n) is 7.19. The number of benzene rings is 2. The second kappa shape index (κ2) is 5.15. The van der Waals surface area contributed by atoms with Crippen LogP contribution in [0, 0.1) is 6.92 Å². The van der Waals surface area contributed by atoms with Gasteiger partial charge in [0.1, 0.15) is 11.4 Å². The summed E-state index contributed by atoms with van der Waals surface area (Å²) >= 11 is 3.50. The fourth-order valence-electron chi connectivity index (χ4n) is 2.99. The van der Waals surface area contributed by atoms with Gasteiger partial charge in [-0.05, 0) is 61.2 Å². The van der Waals surface area contributed by atoms with Gasteiger partial charge < -0.3 is 10.5 Å². The lowest BCUT2D eigenvalue weighted by Crippen LogP contribution is -2.24. The Kier molecular flexibility index (Phi) is 3.58. The number of halogens is 1. The zero-order valence-corrected chi connectivity index (χ0v) is 14.2. The van der Waals surface area contributed by atoms with E-state index in [-0.39, 0.29) is 11.6 Å². The molecule has 2 nitrogen and oxygen atoms in total. The van der Waals surface area contributed by atoms with E-state index in [0.29, 0.717) is 0 Å². The van der Waals surface area contributed by atoms with Crippen LogP contribution in [-0.2, 0) is 6.42 Å². The first-order valence-corrected chi connectivity index (χ1v) is 7.98. The number of ether oxygens (including phenoxy) is 1. The molecule has 2 N–H and O–H groups in total. The third-order valence-corrected chi connectivity index (χ3v) is 4.51. The second-order valence-electron chi connectivity index (χ2n) is 6.38. The van der Waals surface area contributed by atoms with Crippen molar-refractivity contribution in [1.82, 2.24) is 0 Å². The van der Waals surface area contributed by atoms with Crippen LogP contribution >= 0.6 is 15.9 Å². The summed E-state index contributed by atoms with van der Waals surface area (Å²) in [4.78, 5) is 0. The third kappa shape index (κ3) is 2.85. The predicted molar refractivity (Wildman–Crippen MR) is 89.8 cm³/mol. The van der Waals surface area contributed by atoms with Crippen LogP contribution in [0.3, 0.4) is 0 Å². The van der Waals surface area contributed by atoms with E-state index in [1.165, 1.54) is 11.1 Å². The lowest BCUT2D eigenvalue weighted by molar-refractivity contribution is 0.138. The number of nitrogens with two attached hydrogens (primary N) is 1. The van der Waals surface area contributed by atoms with Crippen LogP contribution in [0.5, 0.6) is 5.75 Å². The smallest absolute Gasteiger partial charge is 0.123 e. The van der Waals surface area contributed by atoms with Gasteiger partial charge in [0.2, 0.25) is 0 Å². The average molecular weight is 346 g/mol. The third-order valence-electron chi connectivity index (χ3n) is 4.01. The SMILES string of the molecule is Cc1cc(Br)ccc1C(N)c1ccc2c(c1)CC(C)(C)O2. The van der Waals surface area contributed by atoms with Gasteiger partial charge in [0.15, 0.2) is 0 Å². The van der Waals surface area contributed by atoms with Crippen molar-refractivity contribution in [3.63, 3.8) is 0 Å². The van der Waals surface area contributed by atoms with E-state index < -0.39 is 0 Å². The molecular formula is C18H20BrNO. The minimum atomic E-state index is -0.113. The molecular weight excluding hydrogens is 326 g/mol. The number of aryl methyl sites for hydroxylation is 1. The van der Waals surface area contributed by atoms with Crippen molar-refractivity contribution >= 4 is 15.9 Å². The molecule has 1 aliphatic heterocycles. The zero-order valence-electron chi connectivity index (χ0n) is 12.6. The van der Waals surface area contributed by atoms with Crippen molar-refractivity contribution in [1.29, 1.82) is 0 Å². The van der Waals surface area contributed by atoms with Gasteiger partial charge in [-0.15, -0.1) is 0 Å². The van der Waals surface area contributed by atoms with Crippen molar-refractivity contribution in [2.75, 3.05) is 0 Å². The van der Waals surface area contributed by atoms with Crippen LogP contribution in [0.1, 0.15) is 42.1 Å². The summed E-state index contributed by atoms with van der Waals surface area (Å²) in [5.74, 6) is 0.989.